The topological polar surface area (TPSA) is 64.6 Å². The van der Waals surface area contributed by atoms with Crippen LogP contribution in [-0.2, 0) is 0 Å². The van der Waals surface area contributed by atoms with Gasteiger partial charge in [0.05, 0.1) is 25.5 Å². The molecule has 3 aromatic rings. The van der Waals surface area contributed by atoms with Crippen LogP contribution in [0, 0.1) is 13.8 Å². The number of benzene rings is 2. The van der Waals surface area contributed by atoms with E-state index in [1.54, 1.807) is 32.4 Å². The number of aryl methyl sites for hydroxylation is 2. The number of anilines is 2. The average Bonchev–Trinajstić information content (AvgIpc) is 2.63. The van der Waals surface area contributed by atoms with Crippen molar-refractivity contribution in [3.05, 3.63) is 68.0 Å². The summed E-state index contributed by atoms with van der Waals surface area (Å²) in [6.45, 7) is 3.98. The first-order valence-corrected chi connectivity index (χ1v) is 7.86. The van der Waals surface area contributed by atoms with Crippen LogP contribution >= 0.6 is 0 Å². The lowest BCUT2D eigenvalue weighted by molar-refractivity contribution is 0.405. The fourth-order valence-corrected chi connectivity index (χ4v) is 2.73. The number of methoxy groups -OCH3 is 2. The minimum absolute atomic E-state index is 0.278. The Morgan fingerprint density at radius 2 is 1.60 bits per heavy atom. The molecule has 128 valence electrons. The molecule has 3 aromatic carbocycles. The molecule has 0 aromatic heterocycles. The molecular formula is C20H19NO4. The molecule has 0 unspecified atom stereocenters. The summed E-state index contributed by atoms with van der Waals surface area (Å²) in [5.74, 6) is 1.18. The van der Waals surface area contributed by atoms with Gasteiger partial charge in [-0.15, -0.1) is 0 Å². The van der Waals surface area contributed by atoms with E-state index in [9.17, 15) is 9.59 Å². The van der Waals surface area contributed by atoms with E-state index in [-0.39, 0.29) is 5.69 Å². The number of nitrogens with one attached hydrogen (secondary N) is 1. The summed E-state index contributed by atoms with van der Waals surface area (Å²) in [5.41, 5.74) is 3.17. The Morgan fingerprint density at radius 1 is 0.840 bits per heavy atom. The smallest absolute Gasteiger partial charge is 0.250 e. The highest BCUT2D eigenvalue weighted by Crippen LogP contribution is 2.34. The van der Waals surface area contributed by atoms with Gasteiger partial charge >= 0.3 is 0 Å². The van der Waals surface area contributed by atoms with Gasteiger partial charge in [-0.25, -0.2) is 0 Å². The molecule has 3 rings (SSSR count). The maximum atomic E-state index is 12.1. The third-order valence-electron chi connectivity index (χ3n) is 4.37. The number of hydrogen-bond acceptors (Lipinski definition) is 5. The summed E-state index contributed by atoms with van der Waals surface area (Å²) in [7, 11) is 3.10. The molecule has 0 atom stereocenters. The summed E-state index contributed by atoms with van der Waals surface area (Å²) in [4.78, 5) is 24.2. The Morgan fingerprint density at radius 3 is 2.24 bits per heavy atom. The molecule has 0 aliphatic heterocycles. The standard InChI is InChI=1S/C20H19NO4/c1-11-5-6-13(9-12(11)2)17-18(20(23)19(17)22)21-15-10-14(24-3)7-8-16(15)25-4/h5-10,21H,1-4H3. The van der Waals surface area contributed by atoms with Gasteiger partial charge in [0.25, 0.3) is 5.43 Å². The predicted octanol–water partition coefficient (Wildman–Crippen LogP) is 3.33. The third kappa shape index (κ3) is 2.89. The maximum Gasteiger partial charge on any atom is 0.250 e. The van der Waals surface area contributed by atoms with Crippen molar-refractivity contribution >= 4 is 11.4 Å². The first kappa shape index (κ1) is 16.8. The summed E-state index contributed by atoms with van der Waals surface area (Å²) >= 11 is 0. The van der Waals surface area contributed by atoms with Crippen LogP contribution < -0.4 is 25.6 Å². The highest BCUT2D eigenvalue weighted by Gasteiger charge is 2.23. The molecule has 1 N–H and O–H groups in total. The molecule has 0 saturated heterocycles. The van der Waals surface area contributed by atoms with Crippen LogP contribution in [0.25, 0.3) is 11.1 Å². The molecule has 25 heavy (non-hydrogen) atoms. The van der Waals surface area contributed by atoms with Crippen LogP contribution in [0.4, 0.5) is 11.4 Å². The molecule has 0 fully saturated rings. The van der Waals surface area contributed by atoms with Crippen molar-refractivity contribution in [1.82, 2.24) is 0 Å². The molecule has 0 spiro atoms. The van der Waals surface area contributed by atoms with E-state index in [0.29, 0.717) is 22.7 Å². The molecule has 0 amide bonds. The number of rotatable bonds is 5. The van der Waals surface area contributed by atoms with Gasteiger partial charge in [-0.3, -0.25) is 9.59 Å². The van der Waals surface area contributed by atoms with Gasteiger partial charge in [0.15, 0.2) is 0 Å². The summed E-state index contributed by atoms with van der Waals surface area (Å²) < 4.78 is 10.5. The molecule has 0 aliphatic rings. The lowest BCUT2D eigenvalue weighted by Crippen LogP contribution is -2.35. The minimum atomic E-state index is -0.530. The van der Waals surface area contributed by atoms with E-state index in [1.165, 1.54) is 0 Å². The lowest BCUT2D eigenvalue weighted by Gasteiger charge is -2.17. The van der Waals surface area contributed by atoms with Crippen LogP contribution in [0.2, 0.25) is 0 Å². The van der Waals surface area contributed by atoms with Crippen molar-refractivity contribution in [2.45, 2.75) is 13.8 Å². The molecular weight excluding hydrogens is 318 g/mol. The second-order valence-corrected chi connectivity index (χ2v) is 5.90. The van der Waals surface area contributed by atoms with Gasteiger partial charge in [0.1, 0.15) is 17.2 Å². The fourth-order valence-electron chi connectivity index (χ4n) is 2.73. The quantitative estimate of drug-likeness (QED) is 0.724. The van der Waals surface area contributed by atoms with E-state index in [2.05, 4.69) is 5.32 Å². The zero-order chi connectivity index (χ0) is 18.1. The van der Waals surface area contributed by atoms with E-state index in [4.69, 9.17) is 9.47 Å². The monoisotopic (exact) mass is 337 g/mol. The van der Waals surface area contributed by atoms with Gasteiger partial charge in [0.2, 0.25) is 5.43 Å². The summed E-state index contributed by atoms with van der Waals surface area (Å²) in [5, 5.41) is 3.04. The highest BCUT2D eigenvalue weighted by molar-refractivity contribution is 5.86. The normalized spacial score (nSPS) is 10.7. The lowest BCUT2D eigenvalue weighted by atomic mass is 9.95. The van der Waals surface area contributed by atoms with Crippen LogP contribution in [-0.4, -0.2) is 14.2 Å². The molecule has 0 bridgehead atoms. The predicted molar refractivity (Wildman–Crippen MR) is 99.1 cm³/mol. The zero-order valence-electron chi connectivity index (χ0n) is 14.6. The Labute approximate surface area is 145 Å². The number of ether oxygens (including phenoxy) is 2. The van der Waals surface area contributed by atoms with Gasteiger partial charge < -0.3 is 14.8 Å². The molecule has 5 heteroatoms. The van der Waals surface area contributed by atoms with Gasteiger partial charge in [-0.1, -0.05) is 18.2 Å². The second kappa shape index (κ2) is 6.43. The maximum absolute atomic E-state index is 12.1. The van der Waals surface area contributed by atoms with Crippen molar-refractivity contribution in [1.29, 1.82) is 0 Å². The van der Waals surface area contributed by atoms with Crippen molar-refractivity contribution < 1.29 is 9.47 Å². The molecule has 0 radical (unpaired) electrons. The van der Waals surface area contributed by atoms with E-state index >= 15 is 0 Å². The first-order valence-electron chi connectivity index (χ1n) is 7.86. The molecule has 5 nitrogen and oxygen atoms in total. The van der Waals surface area contributed by atoms with Crippen molar-refractivity contribution in [2.24, 2.45) is 0 Å². The molecule has 0 aliphatic carbocycles. The first-order chi connectivity index (χ1) is 12.0. The van der Waals surface area contributed by atoms with E-state index in [0.717, 1.165) is 16.7 Å². The van der Waals surface area contributed by atoms with Crippen molar-refractivity contribution in [2.75, 3.05) is 19.5 Å². The molecule has 0 heterocycles. The highest BCUT2D eigenvalue weighted by atomic mass is 16.5. The minimum Gasteiger partial charge on any atom is -0.497 e. The Balaban J connectivity index is 2.06. The van der Waals surface area contributed by atoms with Gasteiger partial charge in [0, 0.05) is 6.07 Å². The van der Waals surface area contributed by atoms with Crippen LogP contribution in [0.15, 0.2) is 46.0 Å². The third-order valence-corrected chi connectivity index (χ3v) is 4.37. The zero-order valence-corrected chi connectivity index (χ0v) is 14.6. The molecule has 0 saturated carbocycles. The van der Waals surface area contributed by atoms with Crippen molar-refractivity contribution in [3.63, 3.8) is 0 Å². The van der Waals surface area contributed by atoms with Gasteiger partial charge in [-0.2, -0.15) is 0 Å². The van der Waals surface area contributed by atoms with Gasteiger partial charge in [-0.05, 0) is 42.7 Å². The fraction of sp³-hybridized carbons (Fsp3) is 0.200. The largest absolute Gasteiger partial charge is 0.497 e. The second-order valence-electron chi connectivity index (χ2n) is 5.90. The van der Waals surface area contributed by atoms with Crippen LogP contribution in [0.5, 0.6) is 11.5 Å². The van der Waals surface area contributed by atoms with Crippen LogP contribution in [0.1, 0.15) is 11.1 Å². The Bertz CT molecular complexity index is 1010. The number of hydrogen-bond donors (Lipinski definition) is 1. The van der Waals surface area contributed by atoms with Crippen molar-refractivity contribution in [3.8, 4) is 22.6 Å². The summed E-state index contributed by atoms with van der Waals surface area (Å²) in [6.07, 6.45) is 0. The summed E-state index contributed by atoms with van der Waals surface area (Å²) in [6, 6.07) is 10.9. The Hall–Kier alpha value is -3.08. The van der Waals surface area contributed by atoms with Crippen LogP contribution in [0.3, 0.4) is 0 Å². The Kier molecular flexibility index (Phi) is 4.31. The van der Waals surface area contributed by atoms with E-state index < -0.39 is 10.9 Å². The average molecular weight is 337 g/mol. The van der Waals surface area contributed by atoms with E-state index in [1.807, 2.05) is 32.0 Å². The SMILES string of the molecule is COc1ccc(OC)c(Nc2c(-c3ccc(C)c(C)c3)c(=O)c2=O)c1.